The van der Waals surface area contributed by atoms with Gasteiger partial charge < -0.3 is 48.5 Å². The van der Waals surface area contributed by atoms with Crippen LogP contribution in [-0.4, -0.2) is 155 Å². The number of benzene rings is 7. The van der Waals surface area contributed by atoms with Crippen molar-refractivity contribution in [2.75, 3.05) is 175 Å². The highest BCUT2D eigenvalue weighted by Gasteiger charge is 2.20. The Morgan fingerprint density at radius 2 is 0.733 bits per heavy atom. The molecule has 6 heterocycles. The van der Waals surface area contributed by atoms with Gasteiger partial charge in [0.15, 0.2) is 0 Å². The number of anilines is 6. The predicted molar refractivity (Wildman–Crippen MR) is 388 cm³/mol. The van der Waals surface area contributed by atoms with E-state index in [2.05, 4.69) is 268 Å². The summed E-state index contributed by atoms with van der Waals surface area (Å²) in [5.74, 6) is 1.01. The van der Waals surface area contributed by atoms with E-state index in [-0.39, 0.29) is 0 Å². The zero-order valence-corrected chi connectivity index (χ0v) is 57.9. The monoisotopic (exact) mass is 1280 g/mol. The average molecular weight is 1280 g/mol. The zero-order chi connectivity index (χ0) is 63.5. The highest BCUT2D eigenvalue weighted by atomic mass is 79.9. The molecule has 6 aliphatic heterocycles. The normalized spacial score (nSPS) is 17.1. The average Bonchev–Trinajstić information content (AvgIpc) is 3.77. The van der Waals surface area contributed by atoms with Crippen LogP contribution in [0.4, 0.5) is 34.1 Å². The minimum atomic E-state index is 0.834. The molecule has 0 atom stereocenters. The van der Waals surface area contributed by atoms with E-state index >= 15 is 0 Å². The summed E-state index contributed by atoms with van der Waals surface area (Å²) >= 11 is 3.60. The largest absolute Gasteiger partial charge is 0.495 e. The van der Waals surface area contributed by atoms with E-state index in [1.807, 2.05) is 0 Å². The third-order valence-corrected chi connectivity index (χ3v) is 18.5. The molecule has 0 spiro atoms. The molecule has 0 aliphatic carbocycles. The summed E-state index contributed by atoms with van der Waals surface area (Å²) in [6, 6.07) is 56.9. The van der Waals surface area contributed by atoms with Crippen LogP contribution in [0.15, 0.2) is 162 Å². The Hall–Kier alpha value is -6.54. The van der Waals surface area contributed by atoms with Crippen molar-refractivity contribution in [3.63, 3.8) is 0 Å². The topological polar surface area (TPSA) is 53.6 Å². The second-order valence-corrected chi connectivity index (χ2v) is 26.1. The van der Waals surface area contributed by atoms with E-state index in [1.54, 1.807) is 7.11 Å². The molecule has 12 heteroatoms. The Balaban J connectivity index is 0.000000140. The van der Waals surface area contributed by atoms with Gasteiger partial charge in [-0.05, 0) is 199 Å². The maximum absolute atomic E-state index is 5.44. The van der Waals surface area contributed by atoms with Gasteiger partial charge in [0.05, 0.1) is 44.9 Å². The van der Waals surface area contributed by atoms with Gasteiger partial charge in [-0.25, -0.2) is 0 Å². The number of methoxy groups -OCH3 is 1. The summed E-state index contributed by atoms with van der Waals surface area (Å²) in [6.07, 6.45) is 8.09. The van der Waals surface area contributed by atoms with Crippen molar-refractivity contribution in [2.45, 2.75) is 93.5 Å². The highest BCUT2D eigenvalue weighted by molar-refractivity contribution is 9.10. The Labute approximate surface area is 551 Å². The number of piperazine rings is 2. The molecule has 0 bridgehead atoms. The SMILES string of the molecule is COc1cc(C)ccc1N1CCCCC1.Cc1ccc(N2CCCCC2)cc1.Cc1ccc(N2CCN(C)CC2)cc1.Cc1ccc(N2CCN(Cc3ccccc3)CC2)cc1.Cc1ccc(N2CCOCC2)c(Br)c1.Cc1ccc(N2CCOCC2)c(C)c1. The molecule has 0 radical (unpaired) electrons. The number of hydrogen-bond acceptors (Lipinski definition) is 11. The van der Waals surface area contributed by atoms with Crippen molar-refractivity contribution in [1.29, 1.82) is 0 Å². The number of morpholine rings is 2. The third kappa shape index (κ3) is 22.7. The van der Waals surface area contributed by atoms with Crippen LogP contribution in [0.5, 0.6) is 5.75 Å². The first kappa shape index (κ1) is 69.4. The fraction of sp³-hybridized carbons (Fsp3) is 0.462. The first-order chi connectivity index (χ1) is 43.8. The Kier molecular flexibility index (Phi) is 28.6. The van der Waals surface area contributed by atoms with Crippen molar-refractivity contribution < 1.29 is 14.2 Å². The number of rotatable bonds is 9. The quantitative estimate of drug-likeness (QED) is 0.139. The van der Waals surface area contributed by atoms with Crippen LogP contribution in [0.25, 0.3) is 0 Å². The lowest BCUT2D eigenvalue weighted by molar-refractivity contribution is 0.122. The minimum Gasteiger partial charge on any atom is -0.495 e. The molecule has 0 unspecified atom stereocenters. The van der Waals surface area contributed by atoms with E-state index in [0.717, 1.165) is 104 Å². The molecule has 484 valence electrons. The summed E-state index contributed by atoms with van der Waals surface area (Å²) in [4.78, 5) is 19.5. The molecule has 7 aromatic rings. The van der Waals surface area contributed by atoms with E-state index < -0.39 is 0 Å². The molecule has 0 amide bonds. The van der Waals surface area contributed by atoms with Gasteiger partial charge in [0.25, 0.3) is 0 Å². The Bertz CT molecular complexity index is 3060. The summed E-state index contributed by atoms with van der Waals surface area (Å²) in [7, 11) is 3.94. The number of ether oxygens (including phenoxy) is 3. The molecule has 6 saturated heterocycles. The number of aryl methyl sites for hydroxylation is 7. The van der Waals surface area contributed by atoms with Gasteiger partial charge in [0, 0.05) is 138 Å². The molecule has 0 saturated carbocycles. The van der Waals surface area contributed by atoms with Crippen molar-refractivity contribution in [3.8, 4) is 5.75 Å². The van der Waals surface area contributed by atoms with E-state index in [4.69, 9.17) is 14.2 Å². The lowest BCUT2D eigenvalue weighted by Crippen LogP contribution is -2.45. The second-order valence-electron chi connectivity index (χ2n) is 25.3. The first-order valence-corrected chi connectivity index (χ1v) is 34.4. The summed E-state index contributed by atoms with van der Waals surface area (Å²) < 4.78 is 17.3. The molecule has 6 fully saturated rings. The maximum Gasteiger partial charge on any atom is 0.142 e. The zero-order valence-electron chi connectivity index (χ0n) is 56.3. The summed E-state index contributed by atoms with van der Waals surface area (Å²) in [6.45, 7) is 37.4. The second kappa shape index (κ2) is 37.1. The van der Waals surface area contributed by atoms with Gasteiger partial charge in [0.1, 0.15) is 5.75 Å². The highest BCUT2D eigenvalue weighted by Crippen LogP contribution is 2.32. The lowest BCUT2D eigenvalue weighted by atomic mass is 10.1. The number of hydrogen-bond donors (Lipinski definition) is 0. The van der Waals surface area contributed by atoms with E-state index in [1.165, 1.54) is 161 Å². The van der Waals surface area contributed by atoms with Crippen LogP contribution in [0.3, 0.4) is 0 Å². The van der Waals surface area contributed by atoms with Crippen molar-refractivity contribution >= 4 is 50.1 Å². The molecular weight excluding hydrogens is 1180 g/mol. The predicted octanol–water partition coefficient (Wildman–Crippen LogP) is 15.8. The van der Waals surface area contributed by atoms with Crippen LogP contribution in [0.1, 0.15) is 83.0 Å². The van der Waals surface area contributed by atoms with Crippen LogP contribution >= 0.6 is 15.9 Å². The molecule has 0 aromatic heterocycles. The van der Waals surface area contributed by atoms with Gasteiger partial charge in [0.2, 0.25) is 0 Å². The van der Waals surface area contributed by atoms with Gasteiger partial charge in [-0.2, -0.15) is 0 Å². The standard InChI is InChI=1S/C18H22N2.C13H19NO.C12H18N2.C12H17NO.C12H17N.C11H14BrNO/c1-16-7-9-18(10-8-16)20-13-11-19(12-14-20)15-17-5-3-2-4-6-17;1-11-6-7-12(13(10-11)15-2)14-8-4-3-5-9-14;1-11-3-5-12(6-4-11)14-9-7-13(2)8-10-14;1-10-3-4-12(11(2)9-10)13-5-7-14-8-6-13;1-11-5-7-12(8-6-11)13-9-3-2-4-10-13;1-9-2-3-11(10(12)8-9)13-4-6-14-7-5-13/h2-10H,11-15H2,1H3;6-7,10H,3-5,8-9H2,1-2H3;3-6H,7-10H2,1-2H3;3-4,9H,5-8H2,1-2H3;5-8H,2-4,9-10H2,1H3;2-3,8H,4-7H2,1H3. The molecule has 11 nitrogen and oxygen atoms in total. The number of piperidine rings is 2. The van der Waals surface area contributed by atoms with Crippen molar-refractivity contribution in [2.24, 2.45) is 0 Å². The van der Waals surface area contributed by atoms with Crippen LogP contribution in [-0.2, 0) is 16.0 Å². The van der Waals surface area contributed by atoms with Crippen molar-refractivity contribution in [1.82, 2.24) is 9.80 Å². The van der Waals surface area contributed by atoms with Gasteiger partial charge >= 0.3 is 0 Å². The van der Waals surface area contributed by atoms with E-state index in [0.29, 0.717) is 0 Å². The molecule has 90 heavy (non-hydrogen) atoms. The molecule has 6 aliphatic rings. The van der Waals surface area contributed by atoms with Gasteiger partial charge in [-0.1, -0.05) is 113 Å². The smallest absolute Gasteiger partial charge is 0.142 e. The van der Waals surface area contributed by atoms with Crippen LogP contribution in [0, 0.1) is 48.5 Å². The van der Waals surface area contributed by atoms with Gasteiger partial charge in [-0.15, -0.1) is 0 Å². The summed E-state index contributed by atoms with van der Waals surface area (Å²) in [5, 5.41) is 0. The fourth-order valence-corrected chi connectivity index (χ4v) is 13.1. The van der Waals surface area contributed by atoms with E-state index in [9.17, 15) is 0 Å². The van der Waals surface area contributed by atoms with Crippen LogP contribution < -0.4 is 34.1 Å². The Morgan fingerprint density at radius 1 is 0.356 bits per heavy atom. The maximum atomic E-state index is 5.44. The van der Waals surface area contributed by atoms with Gasteiger partial charge in [-0.3, -0.25) is 4.90 Å². The Morgan fingerprint density at radius 3 is 1.19 bits per heavy atom. The number of likely N-dealkylation sites (N-methyl/N-ethyl adjacent to an activating group) is 1. The molecule has 7 aromatic carbocycles. The number of halogens is 1. The van der Waals surface area contributed by atoms with Crippen LogP contribution in [0.2, 0.25) is 0 Å². The minimum absolute atomic E-state index is 0.834. The molecule has 0 N–H and O–H groups in total. The lowest BCUT2D eigenvalue weighted by Gasteiger charge is -2.36. The number of nitrogens with zero attached hydrogens (tertiary/aromatic N) is 8. The fourth-order valence-electron chi connectivity index (χ4n) is 12.3. The molecular formula is C78H107BrN8O3. The first-order valence-electron chi connectivity index (χ1n) is 33.6. The van der Waals surface area contributed by atoms with Crippen molar-refractivity contribution in [3.05, 3.63) is 207 Å². The molecule has 13 rings (SSSR count). The summed E-state index contributed by atoms with van der Waals surface area (Å²) in [5.41, 5.74) is 18.7. The third-order valence-electron chi connectivity index (χ3n) is 17.9.